The highest BCUT2D eigenvalue weighted by atomic mass is 32.2. The minimum absolute atomic E-state index is 1.24. The molecule has 0 N–H and O–H groups in total. The van der Waals surface area contributed by atoms with Crippen LogP contribution in [0.3, 0.4) is 0 Å². The summed E-state index contributed by atoms with van der Waals surface area (Å²) in [5, 5.41) is 12.9. The zero-order valence-corrected chi connectivity index (χ0v) is 25.2. The van der Waals surface area contributed by atoms with Crippen LogP contribution in [0.4, 0.5) is 0 Å². The highest BCUT2D eigenvalue weighted by Crippen LogP contribution is 2.49. The molecular formula is C44H26S. The number of fused-ring (bicyclic) bond motifs is 7. The van der Waals surface area contributed by atoms with Crippen LogP contribution in [-0.4, -0.2) is 0 Å². The van der Waals surface area contributed by atoms with Crippen LogP contribution in [-0.2, 0) is 0 Å². The molecule has 0 saturated heterocycles. The molecule has 0 aromatic heterocycles. The van der Waals surface area contributed by atoms with Gasteiger partial charge in [-0.3, -0.25) is 0 Å². The van der Waals surface area contributed by atoms with Gasteiger partial charge in [-0.25, -0.2) is 0 Å². The van der Waals surface area contributed by atoms with Crippen molar-refractivity contribution in [3.63, 3.8) is 0 Å². The van der Waals surface area contributed by atoms with E-state index in [1.165, 1.54) is 97.0 Å². The van der Waals surface area contributed by atoms with Crippen LogP contribution in [0.1, 0.15) is 0 Å². The monoisotopic (exact) mass is 586 g/mol. The van der Waals surface area contributed by atoms with Gasteiger partial charge in [0.2, 0.25) is 0 Å². The molecule has 0 atom stereocenters. The van der Waals surface area contributed by atoms with Crippen LogP contribution < -0.4 is 0 Å². The summed E-state index contributed by atoms with van der Waals surface area (Å²) in [5.41, 5.74) is 7.72. The van der Waals surface area contributed by atoms with E-state index < -0.39 is 0 Å². The lowest BCUT2D eigenvalue weighted by molar-refractivity contribution is 1.40. The van der Waals surface area contributed by atoms with Gasteiger partial charge in [0.25, 0.3) is 0 Å². The van der Waals surface area contributed by atoms with Crippen LogP contribution in [0, 0.1) is 0 Å². The molecule has 0 nitrogen and oxygen atoms in total. The van der Waals surface area contributed by atoms with Crippen molar-refractivity contribution in [3.8, 4) is 33.4 Å². The lowest BCUT2D eigenvalue weighted by Crippen LogP contribution is -1.93. The maximum absolute atomic E-state index is 2.43. The predicted octanol–water partition coefficient (Wildman–Crippen LogP) is 12.9. The fourth-order valence-corrected chi connectivity index (χ4v) is 8.66. The summed E-state index contributed by atoms with van der Waals surface area (Å²) in [6.07, 6.45) is 0. The Kier molecular flexibility index (Phi) is 5.31. The lowest BCUT2D eigenvalue weighted by atomic mass is 9.86. The molecule has 45 heavy (non-hydrogen) atoms. The van der Waals surface area contributed by atoms with E-state index in [4.69, 9.17) is 0 Å². The van der Waals surface area contributed by atoms with Crippen molar-refractivity contribution in [2.24, 2.45) is 0 Å². The van der Waals surface area contributed by atoms with Gasteiger partial charge in [-0.1, -0.05) is 139 Å². The van der Waals surface area contributed by atoms with Crippen LogP contribution in [0.5, 0.6) is 0 Å². The SMILES string of the molecule is c1ccc2c(-c3c4cc(-c5ccc6c(c5)-c5cccc7cccc(c57)S6)ccc4cc4ccc5ccccc5c34)cccc2c1. The molecule has 0 spiro atoms. The van der Waals surface area contributed by atoms with Crippen molar-refractivity contribution in [2.45, 2.75) is 9.79 Å². The molecule has 1 aliphatic rings. The van der Waals surface area contributed by atoms with Crippen molar-refractivity contribution in [1.82, 2.24) is 0 Å². The smallest absolute Gasteiger partial charge is 0.0207 e. The number of rotatable bonds is 2. The Hall–Kier alpha value is -5.37. The van der Waals surface area contributed by atoms with Gasteiger partial charge in [0.15, 0.2) is 0 Å². The first kappa shape index (κ1) is 25.0. The molecule has 0 amide bonds. The van der Waals surface area contributed by atoms with Gasteiger partial charge in [0, 0.05) is 15.2 Å². The zero-order chi connectivity index (χ0) is 29.5. The largest absolute Gasteiger partial charge is 0.0888 e. The van der Waals surface area contributed by atoms with E-state index in [0.717, 1.165) is 0 Å². The van der Waals surface area contributed by atoms with Gasteiger partial charge in [0.1, 0.15) is 0 Å². The summed E-state index contributed by atoms with van der Waals surface area (Å²) in [6, 6.07) is 58.7. The van der Waals surface area contributed by atoms with Crippen molar-refractivity contribution in [3.05, 3.63) is 158 Å². The highest BCUT2D eigenvalue weighted by Gasteiger charge is 2.20. The summed E-state index contributed by atoms with van der Waals surface area (Å²) < 4.78 is 0. The Morgan fingerprint density at radius 1 is 0.311 bits per heavy atom. The van der Waals surface area contributed by atoms with E-state index in [2.05, 4.69) is 158 Å². The van der Waals surface area contributed by atoms with E-state index in [1.54, 1.807) is 0 Å². The second kappa shape index (κ2) is 9.56. The summed E-state index contributed by atoms with van der Waals surface area (Å²) >= 11 is 1.88. The Morgan fingerprint density at radius 2 is 0.956 bits per heavy atom. The van der Waals surface area contributed by atoms with Crippen LogP contribution in [0.15, 0.2) is 168 Å². The standard InChI is InChI=1S/C44H26S/c1-3-13-34-27(8-1)10-5-15-36(34)44-38-25-30(19-20-32(38)24-33-21-18-28-9-2-4-14-35(28)43(33)44)31-22-23-40-39(26-31)37-16-6-11-29-12-7-17-41(45-40)42(29)37/h1-26H. The third-order valence-electron chi connectivity index (χ3n) is 9.59. The first-order valence-corrected chi connectivity index (χ1v) is 16.3. The minimum atomic E-state index is 1.24. The highest BCUT2D eigenvalue weighted by molar-refractivity contribution is 7.99. The molecule has 0 bridgehead atoms. The van der Waals surface area contributed by atoms with Crippen molar-refractivity contribution in [2.75, 3.05) is 0 Å². The van der Waals surface area contributed by atoms with Crippen LogP contribution in [0.25, 0.3) is 87.2 Å². The second-order valence-electron chi connectivity index (χ2n) is 12.1. The maximum Gasteiger partial charge on any atom is 0.0207 e. The molecule has 0 fully saturated rings. The molecule has 0 saturated carbocycles. The molecule has 1 heteroatoms. The first-order chi connectivity index (χ1) is 22.3. The average Bonchev–Trinajstić information content (AvgIpc) is 3.10. The molecule has 1 aliphatic heterocycles. The molecule has 208 valence electrons. The quantitative estimate of drug-likeness (QED) is 0.143. The Bertz CT molecular complexity index is 2670. The Morgan fingerprint density at radius 3 is 1.84 bits per heavy atom. The molecule has 0 unspecified atom stereocenters. The molecule has 10 rings (SSSR count). The third-order valence-corrected chi connectivity index (χ3v) is 10.7. The van der Waals surface area contributed by atoms with E-state index in [0.29, 0.717) is 0 Å². The topological polar surface area (TPSA) is 0 Å². The Balaban J connectivity index is 1.27. The summed E-state index contributed by atoms with van der Waals surface area (Å²) in [6.45, 7) is 0. The number of hydrogen-bond acceptors (Lipinski definition) is 1. The average molecular weight is 587 g/mol. The first-order valence-electron chi connectivity index (χ1n) is 15.5. The second-order valence-corrected chi connectivity index (χ2v) is 13.2. The van der Waals surface area contributed by atoms with Crippen LogP contribution >= 0.6 is 11.8 Å². The summed E-state index contributed by atoms with van der Waals surface area (Å²) in [7, 11) is 0. The van der Waals surface area contributed by atoms with Crippen molar-refractivity contribution in [1.29, 1.82) is 0 Å². The number of hydrogen-bond donors (Lipinski definition) is 0. The Labute approximate surface area is 265 Å². The third kappa shape index (κ3) is 3.75. The predicted molar refractivity (Wildman–Crippen MR) is 194 cm³/mol. The fraction of sp³-hybridized carbons (Fsp3) is 0. The molecule has 0 radical (unpaired) electrons. The summed E-state index contributed by atoms with van der Waals surface area (Å²) in [5.74, 6) is 0. The fourth-order valence-electron chi connectivity index (χ4n) is 7.53. The zero-order valence-electron chi connectivity index (χ0n) is 24.4. The van der Waals surface area contributed by atoms with E-state index in [-0.39, 0.29) is 0 Å². The molecule has 9 aromatic rings. The maximum atomic E-state index is 2.43. The molecular weight excluding hydrogens is 561 g/mol. The van der Waals surface area contributed by atoms with Gasteiger partial charge >= 0.3 is 0 Å². The van der Waals surface area contributed by atoms with Crippen molar-refractivity contribution < 1.29 is 0 Å². The van der Waals surface area contributed by atoms with E-state index >= 15 is 0 Å². The number of benzene rings is 9. The van der Waals surface area contributed by atoms with Gasteiger partial charge < -0.3 is 0 Å². The van der Waals surface area contributed by atoms with Gasteiger partial charge in [-0.15, -0.1) is 0 Å². The van der Waals surface area contributed by atoms with E-state index in [9.17, 15) is 0 Å². The van der Waals surface area contributed by atoms with Crippen LogP contribution in [0.2, 0.25) is 0 Å². The van der Waals surface area contributed by atoms with E-state index in [1.807, 2.05) is 11.8 Å². The normalized spacial score (nSPS) is 12.4. The van der Waals surface area contributed by atoms with Gasteiger partial charge in [-0.05, 0) is 112 Å². The molecule has 9 aromatic carbocycles. The molecule has 0 aliphatic carbocycles. The van der Waals surface area contributed by atoms with Gasteiger partial charge in [0.05, 0.1) is 0 Å². The lowest BCUT2D eigenvalue weighted by Gasteiger charge is -2.21. The minimum Gasteiger partial charge on any atom is -0.0888 e. The summed E-state index contributed by atoms with van der Waals surface area (Å²) in [4.78, 5) is 2.66. The molecule has 1 heterocycles. The van der Waals surface area contributed by atoms with Crippen molar-refractivity contribution >= 4 is 65.6 Å². The van der Waals surface area contributed by atoms with Gasteiger partial charge in [-0.2, -0.15) is 0 Å².